The number of aromatic nitrogens is 1. The molecule has 1 aliphatic rings. The minimum atomic E-state index is -1.00. The molecule has 0 radical (unpaired) electrons. The quantitative estimate of drug-likeness (QED) is 0.163. The Kier molecular flexibility index (Phi) is 7.03. The Bertz CT molecular complexity index is 1390. The number of anilines is 1. The summed E-state index contributed by atoms with van der Waals surface area (Å²) in [5.74, 6) is -2.12. The van der Waals surface area contributed by atoms with Crippen molar-refractivity contribution in [1.29, 1.82) is 0 Å². The molecule has 1 aromatic heterocycles. The number of carbonyl (C=O) groups excluding carboxylic acids is 3. The Morgan fingerprint density at radius 2 is 1.92 bits per heavy atom. The fourth-order valence-corrected chi connectivity index (χ4v) is 4.92. The SMILES string of the molecule is C=CCOc1cccc(C2C(=C(O)c3ccc(C)cc3)C(=O)C(=O)N2c2nc(C)c(C(=O)OC)s2)c1. The van der Waals surface area contributed by atoms with Gasteiger partial charge in [0.2, 0.25) is 0 Å². The highest BCUT2D eigenvalue weighted by Gasteiger charge is 2.48. The molecule has 1 N–H and O–H groups in total. The third-order valence-electron chi connectivity index (χ3n) is 5.67. The van der Waals surface area contributed by atoms with E-state index >= 15 is 0 Å². The van der Waals surface area contributed by atoms with Crippen molar-refractivity contribution in [3.05, 3.63) is 94.0 Å². The minimum absolute atomic E-state index is 0.0859. The molecule has 0 aliphatic carbocycles. The fraction of sp³-hybridized carbons (Fsp3) is 0.185. The summed E-state index contributed by atoms with van der Waals surface area (Å²) in [5, 5.41) is 11.4. The van der Waals surface area contributed by atoms with E-state index in [9.17, 15) is 19.5 Å². The molecule has 1 fully saturated rings. The van der Waals surface area contributed by atoms with Crippen LogP contribution in [0.1, 0.15) is 38.1 Å². The highest BCUT2D eigenvalue weighted by Crippen LogP contribution is 2.44. The van der Waals surface area contributed by atoms with Crippen LogP contribution in [-0.2, 0) is 14.3 Å². The van der Waals surface area contributed by atoms with E-state index in [2.05, 4.69) is 11.6 Å². The van der Waals surface area contributed by atoms with Gasteiger partial charge in [-0.2, -0.15) is 0 Å². The number of aryl methyl sites for hydroxylation is 2. The molecule has 2 aromatic carbocycles. The summed E-state index contributed by atoms with van der Waals surface area (Å²) in [5.41, 5.74) is 2.18. The molecule has 1 unspecified atom stereocenters. The molecule has 4 rings (SSSR count). The predicted octanol–water partition coefficient (Wildman–Crippen LogP) is 4.74. The molecule has 1 aliphatic heterocycles. The van der Waals surface area contributed by atoms with Crippen LogP contribution >= 0.6 is 11.3 Å². The number of nitrogens with zero attached hydrogens (tertiary/aromatic N) is 2. The lowest BCUT2D eigenvalue weighted by Gasteiger charge is -2.23. The van der Waals surface area contributed by atoms with Crippen molar-refractivity contribution in [2.75, 3.05) is 18.6 Å². The third-order valence-corrected chi connectivity index (χ3v) is 6.81. The van der Waals surface area contributed by atoms with E-state index in [1.807, 2.05) is 6.92 Å². The van der Waals surface area contributed by atoms with Crippen molar-refractivity contribution in [3.8, 4) is 5.75 Å². The number of thiazole rings is 1. The van der Waals surface area contributed by atoms with Crippen molar-refractivity contribution < 1.29 is 29.0 Å². The lowest BCUT2D eigenvalue weighted by molar-refractivity contribution is -0.132. The highest BCUT2D eigenvalue weighted by atomic mass is 32.1. The minimum Gasteiger partial charge on any atom is -0.507 e. The van der Waals surface area contributed by atoms with Gasteiger partial charge < -0.3 is 14.6 Å². The average molecular weight is 505 g/mol. The van der Waals surface area contributed by atoms with Gasteiger partial charge in [-0.3, -0.25) is 14.5 Å². The number of ether oxygens (including phenoxy) is 2. The van der Waals surface area contributed by atoms with Gasteiger partial charge in [-0.1, -0.05) is 66.0 Å². The van der Waals surface area contributed by atoms with Gasteiger partial charge in [-0.05, 0) is 31.5 Å². The maximum absolute atomic E-state index is 13.3. The lowest BCUT2D eigenvalue weighted by Crippen LogP contribution is -2.29. The van der Waals surface area contributed by atoms with E-state index in [-0.39, 0.29) is 27.9 Å². The summed E-state index contributed by atoms with van der Waals surface area (Å²) in [6, 6.07) is 12.9. The Morgan fingerprint density at radius 3 is 2.58 bits per heavy atom. The van der Waals surface area contributed by atoms with E-state index in [0.717, 1.165) is 16.9 Å². The van der Waals surface area contributed by atoms with Crippen LogP contribution in [0.15, 0.2) is 66.8 Å². The Balaban J connectivity index is 1.92. The van der Waals surface area contributed by atoms with Gasteiger partial charge in [0.25, 0.3) is 5.78 Å². The summed E-state index contributed by atoms with van der Waals surface area (Å²) in [6.07, 6.45) is 1.60. The number of hydrogen-bond donors (Lipinski definition) is 1. The first-order valence-corrected chi connectivity index (χ1v) is 11.9. The van der Waals surface area contributed by atoms with Gasteiger partial charge >= 0.3 is 11.9 Å². The van der Waals surface area contributed by atoms with Crippen LogP contribution < -0.4 is 9.64 Å². The summed E-state index contributed by atoms with van der Waals surface area (Å²) in [4.78, 5) is 44.7. The number of esters is 1. The smallest absolute Gasteiger partial charge is 0.350 e. The van der Waals surface area contributed by atoms with Crippen molar-refractivity contribution in [2.24, 2.45) is 0 Å². The molecule has 3 aromatic rings. The van der Waals surface area contributed by atoms with Gasteiger partial charge in [0.1, 0.15) is 23.0 Å². The summed E-state index contributed by atoms with van der Waals surface area (Å²) < 4.78 is 10.5. The maximum atomic E-state index is 13.3. The van der Waals surface area contributed by atoms with E-state index < -0.39 is 23.7 Å². The van der Waals surface area contributed by atoms with E-state index in [4.69, 9.17) is 9.47 Å². The zero-order chi connectivity index (χ0) is 26.0. The first-order valence-electron chi connectivity index (χ1n) is 11.0. The Hall–Kier alpha value is -4.24. The highest BCUT2D eigenvalue weighted by molar-refractivity contribution is 7.17. The standard InChI is InChI=1S/C27H24N2O6S/c1-5-13-35-19-8-6-7-18(14-19)21-20(22(30)17-11-9-15(2)10-12-17)23(31)25(32)29(21)27-28-16(3)24(36-27)26(33)34-4/h5-12,14,21,30H,1,13H2,2-4H3. The molecule has 2 heterocycles. The van der Waals surface area contributed by atoms with Gasteiger partial charge in [-0.25, -0.2) is 9.78 Å². The number of benzene rings is 2. The van der Waals surface area contributed by atoms with Crippen molar-refractivity contribution in [2.45, 2.75) is 19.9 Å². The van der Waals surface area contributed by atoms with Crippen LogP contribution in [0, 0.1) is 13.8 Å². The van der Waals surface area contributed by atoms with Crippen molar-refractivity contribution >= 4 is 39.9 Å². The van der Waals surface area contributed by atoms with Gasteiger partial charge in [0, 0.05) is 5.56 Å². The normalized spacial score (nSPS) is 16.8. The van der Waals surface area contributed by atoms with Crippen LogP contribution in [-0.4, -0.2) is 41.5 Å². The summed E-state index contributed by atoms with van der Waals surface area (Å²) in [7, 11) is 1.25. The molecule has 1 amide bonds. The first-order chi connectivity index (χ1) is 17.3. The number of methoxy groups -OCH3 is 1. The summed E-state index contributed by atoms with van der Waals surface area (Å²) >= 11 is 0.942. The second kappa shape index (κ2) is 10.2. The number of rotatable bonds is 7. The van der Waals surface area contributed by atoms with Crippen LogP contribution in [0.25, 0.3) is 5.76 Å². The number of hydrogen-bond acceptors (Lipinski definition) is 8. The molecular weight excluding hydrogens is 480 g/mol. The monoisotopic (exact) mass is 504 g/mol. The lowest BCUT2D eigenvalue weighted by atomic mass is 9.95. The average Bonchev–Trinajstić information content (AvgIpc) is 3.39. The zero-order valence-electron chi connectivity index (χ0n) is 20.0. The Morgan fingerprint density at radius 1 is 1.19 bits per heavy atom. The second-order valence-corrected chi connectivity index (χ2v) is 9.09. The number of ketones is 1. The third kappa shape index (κ3) is 4.52. The molecule has 9 heteroatoms. The maximum Gasteiger partial charge on any atom is 0.350 e. The molecule has 0 spiro atoms. The molecule has 0 bridgehead atoms. The number of amides is 1. The predicted molar refractivity (Wildman–Crippen MR) is 136 cm³/mol. The van der Waals surface area contributed by atoms with Crippen LogP contribution in [0.4, 0.5) is 5.13 Å². The van der Waals surface area contributed by atoms with E-state index in [1.54, 1.807) is 61.5 Å². The van der Waals surface area contributed by atoms with E-state index in [1.165, 1.54) is 12.0 Å². The molecule has 184 valence electrons. The molecule has 1 saturated heterocycles. The van der Waals surface area contributed by atoms with Crippen LogP contribution in [0.3, 0.4) is 0 Å². The van der Waals surface area contributed by atoms with Gasteiger partial charge in [0.15, 0.2) is 5.13 Å². The topological polar surface area (TPSA) is 106 Å². The van der Waals surface area contributed by atoms with Crippen molar-refractivity contribution in [3.63, 3.8) is 0 Å². The molecule has 36 heavy (non-hydrogen) atoms. The molecule has 8 nitrogen and oxygen atoms in total. The summed E-state index contributed by atoms with van der Waals surface area (Å²) in [6.45, 7) is 7.43. The van der Waals surface area contributed by atoms with Gasteiger partial charge in [-0.15, -0.1) is 0 Å². The number of aliphatic hydroxyl groups is 1. The number of carbonyl (C=O) groups is 3. The van der Waals surface area contributed by atoms with Crippen LogP contribution in [0.2, 0.25) is 0 Å². The fourth-order valence-electron chi connectivity index (χ4n) is 3.91. The van der Waals surface area contributed by atoms with Gasteiger partial charge in [0.05, 0.1) is 24.4 Å². The largest absolute Gasteiger partial charge is 0.507 e. The molecule has 1 atom stereocenters. The molecular formula is C27H24N2O6S. The Labute approximate surface area is 212 Å². The van der Waals surface area contributed by atoms with Crippen LogP contribution in [0.5, 0.6) is 5.75 Å². The first kappa shape index (κ1) is 24.9. The second-order valence-electron chi connectivity index (χ2n) is 8.11. The zero-order valence-corrected chi connectivity index (χ0v) is 20.8. The number of Topliss-reactive ketones (excluding diaryl/α,β-unsaturated/α-hetero) is 1. The van der Waals surface area contributed by atoms with E-state index in [0.29, 0.717) is 22.6 Å². The molecule has 0 saturated carbocycles. The van der Waals surface area contributed by atoms with Crippen molar-refractivity contribution in [1.82, 2.24) is 4.98 Å². The number of aliphatic hydroxyl groups excluding tert-OH is 1.